The summed E-state index contributed by atoms with van der Waals surface area (Å²) in [5, 5.41) is 10.0. The smallest absolute Gasteiger partial charge is 0.159 e. The number of Topliss-reactive ketones (excluding diaryl/α,β-unsaturated/α-hetero) is 1. The van der Waals surface area contributed by atoms with Crippen LogP contribution in [0.25, 0.3) is 0 Å². The Balaban J connectivity index is 1.44. The van der Waals surface area contributed by atoms with Gasteiger partial charge in [0.25, 0.3) is 0 Å². The van der Waals surface area contributed by atoms with Gasteiger partial charge in [0.15, 0.2) is 5.78 Å². The third kappa shape index (κ3) is 3.05. The normalized spacial score (nSPS) is 31.7. The Kier molecular flexibility index (Phi) is 4.48. The van der Waals surface area contributed by atoms with E-state index in [1.807, 2.05) is 24.3 Å². The van der Waals surface area contributed by atoms with Gasteiger partial charge in [-0.15, -0.1) is 0 Å². The molecule has 2 aromatic carbocycles. The van der Waals surface area contributed by atoms with Crippen LogP contribution in [-0.4, -0.2) is 52.4 Å². The number of carbonyl (C=O) groups is 1. The molecule has 28 heavy (non-hydrogen) atoms. The molecule has 2 aromatic rings. The number of phenolic OH excluding ortho intramolecular Hbond substituents is 1. The molecule has 0 spiro atoms. The molecule has 4 aliphatic heterocycles. The topological polar surface area (TPSA) is 43.8 Å². The Labute approximate surface area is 166 Å². The van der Waals surface area contributed by atoms with Crippen molar-refractivity contribution in [3.63, 3.8) is 0 Å². The third-order valence-electron chi connectivity index (χ3n) is 7.14. The quantitative estimate of drug-likeness (QED) is 0.827. The monoisotopic (exact) mass is 376 g/mol. The van der Waals surface area contributed by atoms with E-state index in [1.165, 1.54) is 37.1 Å². The fraction of sp³-hybridized carbons (Fsp3) is 0.458. The van der Waals surface area contributed by atoms with Gasteiger partial charge in [-0.2, -0.15) is 0 Å². The summed E-state index contributed by atoms with van der Waals surface area (Å²) in [5.41, 5.74) is 3.32. The number of likely N-dealkylation sites (tertiary alicyclic amines) is 1. The summed E-state index contributed by atoms with van der Waals surface area (Å²) in [5.74, 6) is 1.70. The van der Waals surface area contributed by atoms with Crippen LogP contribution >= 0.6 is 0 Å². The van der Waals surface area contributed by atoms with Gasteiger partial charge < -0.3 is 5.11 Å². The Morgan fingerprint density at radius 1 is 1.07 bits per heavy atom. The number of fused-ring (bicyclic) bond motifs is 2. The Morgan fingerprint density at radius 2 is 1.82 bits per heavy atom. The number of rotatable bonds is 4. The van der Waals surface area contributed by atoms with Gasteiger partial charge in [-0.25, -0.2) is 0 Å². The third-order valence-corrected chi connectivity index (χ3v) is 7.14. The molecule has 2 bridgehead atoms. The molecule has 4 heterocycles. The van der Waals surface area contributed by atoms with Gasteiger partial charge in [0, 0.05) is 36.7 Å². The summed E-state index contributed by atoms with van der Waals surface area (Å²) in [6.07, 6.45) is 2.60. The van der Waals surface area contributed by atoms with E-state index < -0.39 is 0 Å². The van der Waals surface area contributed by atoms with Crippen LogP contribution in [0.5, 0.6) is 5.75 Å². The lowest BCUT2D eigenvalue weighted by Gasteiger charge is -2.51. The van der Waals surface area contributed by atoms with E-state index >= 15 is 0 Å². The highest BCUT2D eigenvalue weighted by atomic mass is 16.3. The lowest BCUT2D eigenvalue weighted by molar-refractivity contribution is -0.00869. The first kappa shape index (κ1) is 17.9. The lowest BCUT2D eigenvalue weighted by Crippen LogP contribution is -2.59. The van der Waals surface area contributed by atoms with Crippen LogP contribution < -0.4 is 0 Å². The van der Waals surface area contributed by atoms with E-state index in [9.17, 15) is 9.90 Å². The maximum Gasteiger partial charge on any atom is 0.159 e. The number of piperidine rings is 3. The number of aromatic hydroxyl groups is 1. The largest absolute Gasteiger partial charge is 0.508 e. The van der Waals surface area contributed by atoms with Crippen LogP contribution in [-0.2, 0) is 6.54 Å². The molecular formula is C24H28N2O2. The van der Waals surface area contributed by atoms with Gasteiger partial charge in [-0.1, -0.05) is 36.4 Å². The van der Waals surface area contributed by atoms with Crippen molar-refractivity contribution < 1.29 is 9.90 Å². The molecule has 4 heteroatoms. The molecule has 0 radical (unpaired) electrons. The van der Waals surface area contributed by atoms with Crippen molar-refractivity contribution in [1.82, 2.24) is 9.80 Å². The molecule has 0 saturated carbocycles. The van der Waals surface area contributed by atoms with Gasteiger partial charge in [0.05, 0.1) is 0 Å². The first-order valence-electron chi connectivity index (χ1n) is 10.5. The second-order valence-electron chi connectivity index (χ2n) is 8.74. The minimum Gasteiger partial charge on any atom is -0.508 e. The Bertz CT molecular complexity index is 870. The zero-order valence-electron chi connectivity index (χ0n) is 16.4. The molecule has 0 amide bonds. The van der Waals surface area contributed by atoms with Crippen molar-refractivity contribution in [1.29, 1.82) is 0 Å². The molecule has 4 fully saturated rings. The lowest BCUT2D eigenvalue weighted by atomic mass is 9.75. The van der Waals surface area contributed by atoms with Crippen LogP contribution in [0.15, 0.2) is 48.5 Å². The molecule has 6 rings (SSSR count). The van der Waals surface area contributed by atoms with Crippen molar-refractivity contribution in [3.8, 4) is 5.75 Å². The van der Waals surface area contributed by atoms with E-state index in [0.29, 0.717) is 23.8 Å². The van der Waals surface area contributed by atoms with Crippen LogP contribution in [0.4, 0.5) is 0 Å². The first-order chi connectivity index (χ1) is 13.6. The predicted molar refractivity (Wildman–Crippen MR) is 110 cm³/mol. The molecule has 1 N–H and O–H groups in total. The number of carbonyl (C=O) groups excluding carboxylic acids is 1. The second kappa shape index (κ2) is 7.02. The second-order valence-corrected chi connectivity index (χ2v) is 8.74. The molecule has 0 unspecified atom stereocenters. The van der Waals surface area contributed by atoms with E-state index in [-0.39, 0.29) is 5.78 Å². The van der Waals surface area contributed by atoms with Crippen molar-refractivity contribution in [3.05, 3.63) is 65.2 Å². The minimum atomic E-state index is 0.120. The molecule has 3 atom stereocenters. The molecule has 0 aliphatic carbocycles. The fourth-order valence-corrected chi connectivity index (χ4v) is 5.85. The van der Waals surface area contributed by atoms with Crippen molar-refractivity contribution in [2.75, 3.05) is 19.6 Å². The number of nitrogens with zero attached hydrogens (tertiary/aromatic N) is 2. The zero-order chi connectivity index (χ0) is 19.3. The molecular weight excluding hydrogens is 348 g/mol. The van der Waals surface area contributed by atoms with Crippen LogP contribution in [0.2, 0.25) is 0 Å². The SMILES string of the molecule is CC(=O)c1ccc(CN2C[C@H](c3cccc(O)c3)[C@H]3[C@@H]2C2CCN3CC2)cc1. The molecule has 0 aromatic heterocycles. The van der Waals surface area contributed by atoms with Crippen molar-refractivity contribution in [2.45, 2.75) is 44.3 Å². The maximum atomic E-state index is 11.6. The highest BCUT2D eigenvalue weighted by molar-refractivity contribution is 5.94. The summed E-state index contributed by atoms with van der Waals surface area (Å²) in [4.78, 5) is 16.9. The fourth-order valence-electron chi connectivity index (χ4n) is 5.85. The number of phenols is 1. The van der Waals surface area contributed by atoms with E-state index in [1.54, 1.807) is 13.0 Å². The van der Waals surface area contributed by atoms with Gasteiger partial charge >= 0.3 is 0 Å². The minimum absolute atomic E-state index is 0.120. The molecule has 4 saturated heterocycles. The summed E-state index contributed by atoms with van der Waals surface area (Å²) in [6, 6.07) is 17.1. The number of hydrogen-bond acceptors (Lipinski definition) is 4. The number of ketones is 1. The Hall–Kier alpha value is -2.17. The van der Waals surface area contributed by atoms with Gasteiger partial charge in [-0.3, -0.25) is 14.6 Å². The summed E-state index contributed by atoms with van der Waals surface area (Å²) < 4.78 is 0. The van der Waals surface area contributed by atoms with Gasteiger partial charge in [0.2, 0.25) is 0 Å². The van der Waals surface area contributed by atoms with Gasteiger partial charge in [0.1, 0.15) is 5.75 Å². The molecule has 4 aliphatic rings. The molecule has 4 nitrogen and oxygen atoms in total. The zero-order valence-corrected chi connectivity index (χ0v) is 16.4. The first-order valence-corrected chi connectivity index (χ1v) is 10.5. The van der Waals surface area contributed by atoms with Crippen LogP contribution in [0.3, 0.4) is 0 Å². The van der Waals surface area contributed by atoms with Crippen molar-refractivity contribution >= 4 is 5.78 Å². The average molecular weight is 377 g/mol. The average Bonchev–Trinajstić information content (AvgIpc) is 3.11. The van der Waals surface area contributed by atoms with Crippen LogP contribution in [0, 0.1) is 5.92 Å². The van der Waals surface area contributed by atoms with Gasteiger partial charge in [-0.05, 0) is 62.0 Å². The Morgan fingerprint density at radius 3 is 2.50 bits per heavy atom. The van der Waals surface area contributed by atoms with Crippen LogP contribution in [0.1, 0.15) is 47.2 Å². The number of benzene rings is 2. The maximum absolute atomic E-state index is 11.6. The van der Waals surface area contributed by atoms with Crippen molar-refractivity contribution in [2.24, 2.45) is 5.92 Å². The molecule has 146 valence electrons. The highest BCUT2D eigenvalue weighted by Gasteiger charge is 2.53. The number of hydrogen-bond donors (Lipinski definition) is 1. The van der Waals surface area contributed by atoms with E-state index in [2.05, 4.69) is 28.0 Å². The summed E-state index contributed by atoms with van der Waals surface area (Å²) in [7, 11) is 0. The van der Waals surface area contributed by atoms with E-state index in [4.69, 9.17) is 0 Å². The summed E-state index contributed by atoms with van der Waals surface area (Å²) >= 11 is 0. The predicted octanol–water partition coefficient (Wildman–Crippen LogP) is 3.66. The highest BCUT2D eigenvalue weighted by Crippen LogP contribution is 2.47. The summed E-state index contributed by atoms with van der Waals surface area (Å²) in [6.45, 7) is 6.00. The van der Waals surface area contributed by atoms with E-state index in [0.717, 1.165) is 24.6 Å². The standard InChI is InChI=1S/C24H28N2O2/c1-16(27)18-7-5-17(6-8-18)14-26-15-22(20-3-2-4-21(28)13-20)24-23(26)19-9-11-25(24)12-10-19/h2-8,13,19,22-24,28H,9-12,14-15H2,1H3/t22-,23+,24+/m1/s1.